The van der Waals surface area contributed by atoms with Gasteiger partial charge in [0.15, 0.2) is 0 Å². The van der Waals surface area contributed by atoms with Gasteiger partial charge in [0, 0.05) is 19.0 Å². The first kappa shape index (κ1) is 18.2. The van der Waals surface area contributed by atoms with Crippen molar-refractivity contribution in [2.24, 2.45) is 11.8 Å². The fraction of sp³-hybridized carbons (Fsp3) is 0.632. The van der Waals surface area contributed by atoms with Crippen molar-refractivity contribution in [2.45, 2.75) is 51.5 Å². The molecule has 2 aliphatic carbocycles. The van der Waals surface area contributed by atoms with E-state index in [4.69, 9.17) is 0 Å². The summed E-state index contributed by atoms with van der Waals surface area (Å²) < 4.78 is 25.7. The molecule has 138 valence electrons. The molecule has 1 amide bonds. The third-order valence-corrected chi connectivity index (χ3v) is 6.81. The average Bonchev–Trinajstić information content (AvgIpc) is 3.14. The van der Waals surface area contributed by atoms with Crippen LogP contribution < -0.4 is 9.62 Å². The quantitative estimate of drug-likeness (QED) is 0.809. The highest BCUT2D eigenvalue weighted by Crippen LogP contribution is 2.44. The lowest BCUT2D eigenvalue weighted by molar-refractivity contribution is -0.122. The van der Waals surface area contributed by atoms with E-state index in [2.05, 4.69) is 5.32 Å². The number of nitrogens with zero attached hydrogens (tertiary/aromatic N) is 1. The van der Waals surface area contributed by atoms with E-state index in [1.165, 1.54) is 29.8 Å². The molecule has 0 aliphatic heterocycles. The number of amides is 1. The molecule has 3 rings (SSSR count). The van der Waals surface area contributed by atoms with E-state index in [1.807, 2.05) is 31.2 Å². The van der Waals surface area contributed by atoms with Crippen LogP contribution in [0.3, 0.4) is 0 Å². The Labute approximate surface area is 150 Å². The molecule has 0 aromatic heterocycles. The fourth-order valence-electron chi connectivity index (χ4n) is 4.39. The van der Waals surface area contributed by atoms with Gasteiger partial charge in [0.2, 0.25) is 15.9 Å². The summed E-state index contributed by atoms with van der Waals surface area (Å²) in [4.78, 5) is 12.2. The van der Waals surface area contributed by atoms with Crippen LogP contribution in [0.25, 0.3) is 0 Å². The van der Waals surface area contributed by atoms with Gasteiger partial charge in [-0.3, -0.25) is 9.10 Å². The summed E-state index contributed by atoms with van der Waals surface area (Å²) in [5, 5.41) is 3.17. The van der Waals surface area contributed by atoms with Gasteiger partial charge in [0.25, 0.3) is 0 Å². The van der Waals surface area contributed by atoms with Crippen LogP contribution in [0.2, 0.25) is 0 Å². The largest absolute Gasteiger partial charge is 0.353 e. The zero-order valence-electron chi connectivity index (χ0n) is 15.1. The molecule has 25 heavy (non-hydrogen) atoms. The molecule has 1 N–H and O–H groups in total. The number of sulfonamides is 1. The first-order chi connectivity index (χ1) is 11.8. The standard InChI is InChI=1S/C19H28N2O3S/c1-14-6-3-4-7-18(14)21(25(2,23)24)11-5-8-19(22)20-17-13-15-9-10-16(17)12-15/h3-4,6-7,15-17H,5,8-13H2,1-2H3,(H,20,22). The van der Waals surface area contributed by atoms with Crippen molar-refractivity contribution in [1.82, 2.24) is 5.32 Å². The van der Waals surface area contributed by atoms with Gasteiger partial charge in [-0.25, -0.2) is 8.42 Å². The lowest BCUT2D eigenvalue weighted by Gasteiger charge is -2.25. The van der Waals surface area contributed by atoms with E-state index in [-0.39, 0.29) is 5.91 Å². The van der Waals surface area contributed by atoms with Gasteiger partial charge in [-0.2, -0.15) is 0 Å². The summed E-state index contributed by atoms with van der Waals surface area (Å²) in [7, 11) is -3.37. The second kappa shape index (κ2) is 7.36. The van der Waals surface area contributed by atoms with Crippen LogP contribution in [0, 0.1) is 18.8 Å². The number of carbonyl (C=O) groups is 1. The third-order valence-electron chi connectivity index (χ3n) is 5.63. The fourth-order valence-corrected chi connectivity index (χ4v) is 5.41. The van der Waals surface area contributed by atoms with Crippen molar-refractivity contribution in [3.05, 3.63) is 29.8 Å². The highest BCUT2D eigenvalue weighted by Gasteiger charge is 2.39. The van der Waals surface area contributed by atoms with Crippen LogP contribution in [0.5, 0.6) is 0 Å². The van der Waals surface area contributed by atoms with E-state index in [1.54, 1.807) is 0 Å². The summed E-state index contributed by atoms with van der Waals surface area (Å²) in [6.45, 7) is 2.23. The highest BCUT2D eigenvalue weighted by molar-refractivity contribution is 7.92. The van der Waals surface area contributed by atoms with Gasteiger partial charge in [-0.05, 0) is 56.1 Å². The Balaban J connectivity index is 1.53. The molecule has 6 heteroatoms. The van der Waals surface area contributed by atoms with Crippen molar-refractivity contribution in [1.29, 1.82) is 0 Å². The molecular weight excluding hydrogens is 336 g/mol. The van der Waals surface area contributed by atoms with E-state index in [0.29, 0.717) is 37.0 Å². The van der Waals surface area contributed by atoms with Crippen LogP contribution in [0.1, 0.15) is 44.1 Å². The maximum Gasteiger partial charge on any atom is 0.232 e. The number of nitrogens with one attached hydrogen (secondary N) is 1. The monoisotopic (exact) mass is 364 g/mol. The minimum absolute atomic E-state index is 0.0517. The SMILES string of the molecule is Cc1ccccc1N(CCCC(=O)NC1CC2CCC1C2)S(C)(=O)=O. The average molecular weight is 365 g/mol. The molecule has 2 saturated carbocycles. The number of carbonyl (C=O) groups excluding carboxylic acids is 1. The minimum Gasteiger partial charge on any atom is -0.353 e. The van der Waals surface area contributed by atoms with Crippen molar-refractivity contribution in [3.63, 3.8) is 0 Å². The number of benzene rings is 1. The predicted octanol–water partition coefficient (Wildman–Crippen LogP) is 2.85. The molecule has 0 saturated heterocycles. The van der Waals surface area contributed by atoms with Gasteiger partial charge in [0.05, 0.1) is 11.9 Å². The van der Waals surface area contributed by atoms with Crippen molar-refractivity contribution >= 4 is 21.6 Å². The van der Waals surface area contributed by atoms with Crippen LogP contribution >= 0.6 is 0 Å². The topological polar surface area (TPSA) is 66.5 Å². The number of hydrogen-bond acceptors (Lipinski definition) is 3. The molecule has 2 fully saturated rings. The molecular formula is C19H28N2O3S. The van der Waals surface area contributed by atoms with Crippen LogP contribution in [-0.2, 0) is 14.8 Å². The molecule has 3 unspecified atom stereocenters. The van der Waals surface area contributed by atoms with Crippen LogP contribution in [0.15, 0.2) is 24.3 Å². The Morgan fingerprint density at radius 2 is 2.00 bits per heavy atom. The van der Waals surface area contributed by atoms with E-state index >= 15 is 0 Å². The third kappa shape index (κ3) is 4.35. The summed E-state index contributed by atoms with van der Waals surface area (Å²) >= 11 is 0. The molecule has 1 aromatic rings. The van der Waals surface area contributed by atoms with E-state index in [9.17, 15) is 13.2 Å². The van der Waals surface area contributed by atoms with Gasteiger partial charge in [0.1, 0.15) is 0 Å². The molecule has 5 nitrogen and oxygen atoms in total. The van der Waals surface area contributed by atoms with Gasteiger partial charge in [-0.1, -0.05) is 24.6 Å². The smallest absolute Gasteiger partial charge is 0.232 e. The van der Waals surface area contributed by atoms with Crippen LogP contribution in [0.4, 0.5) is 5.69 Å². The lowest BCUT2D eigenvalue weighted by atomic mass is 9.95. The van der Waals surface area contributed by atoms with Gasteiger partial charge >= 0.3 is 0 Å². The molecule has 1 aromatic carbocycles. The molecule has 0 heterocycles. The van der Waals surface area contributed by atoms with Crippen LogP contribution in [-0.4, -0.2) is 33.2 Å². The minimum atomic E-state index is -3.37. The normalized spacial score (nSPS) is 25.1. The Morgan fingerprint density at radius 1 is 1.24 bits per heavy atom. The molecule has 2 bridgehead atoms. The van der Waals surface area contributed by atoms with Crippen molar-refractivity contribution in [2.75, 3.05) is 17.1 Å². The predicted molar refractivity (Wildman–Crippen MR) is 100.0 cm³/mol. The summed E-state index contributed by atoms with van der Waals surface area (Å²) in [5.74, 6) is 1.52. The Kier molecular flexibility index (Phi) is 5.37. The lowest BCUT2D eigenvalue weighted by Crippen LogP contribution is -2.39. The first-order valence-electron chi connectivity index (χ1n) is 9.17. The molecule has 3 atom stereocenters. The number of anilines is 1. The van der Waals surface area contributed by atoms with E-state index < -0.39 is 10.0 Å². The van der Waals surface area contributed by atoms with Gasteiger partial charge < -0.3 is 5.32 Å². The second-order valence-electron chi connectivity index (χ2n) is 7.57. The summed E-state index contributed by atoms with van der Waals surface area (Å²) in [5.41, 5.74) is 1.61. The summed E-state index contributed by atoms with van der Waals surface area (Å²) in [6, 6.07) is 7.78. The van der Waals surface area contributed by atoms with Gasteiger partial charge in [-0.15, -0.1) is 0 Å². The molecule has 0 spiro atoms. The van der Waals surface area contributed by atoms with Crippen molar-refractivity contribution in [3.8, 4) is 0 Å². The van der Waals surface area contributed by atoms with Crippen molar-refractivity contribution < 1.29 is 13.2 Å². The Morgan fingerprint density at radius 3 is 2.60 bits per heavy atom. The maximum absolute atomic E-state index is 12.2. The zero-order chi connectivity index (χ0) is 18.0. The second-order valence-corrected chi connectivity index (χ2v) is 9.48. The maximum atomic E-state index is 12.2. The first-order valence-corrected chi connectivity index (χ1v) is 11.0. The highest BCUT2D eigenvalue weighted by atomic mass is 32.2. The number of rotatable bonds is 7. The Bertz CT molecular complexity index is 732. The number of aryl methyl sites for hydroxylation is 1. The number of hydrogen-bond donors (Lipinski definition) is 1. The van der Waals surface area contributed by atoms with E-state index in [0.717, 1.165) is 17.9 Å². The summed E-state index contributed by atoms with van der Waals surface area (Å²) in [6.07, 6.45) is 7.05. The number of para-hydroxylation sites is 1. The zero-order valence-corrected chi connectivity index (χ0v) is 15.9. The Hall–Kier alpha value is -1.56. The molecule has 0 radical (unpaired) electrons. The number of fused-ring (bicyclic) bond motifs is 2. The molecule has 2 aliphatic rings.